The third-order valence-corrected chi connectivity index (χ3v) is 9.75. The van der Waals surface area contributed by atoms with Gasteiger partial charge in [-0.2, -0.15) is 0 Å². The first-order valence-electron chi connectivity index (χ1n) is 16.6. The summed E-state index contributed by atoms with van der Waals surface area (Å²) in [5.74, 6) is -6.08. The average Bonchev–Trinajstić information content (AvgIpc) is 3.67. The van der Waals surface area contributed by atoms with Crippen LogP contribution in [0.2, 0.25) is 0 Å². The number of rotatable bonds is 8. The smallest absolute Gasteiger partial charge is 0.325 e. The molecule has 5 aromatic rings. The van der Waals surface area contributed by atoms with E-state index in [4.69, 9.17) is 0 Å². The summed E-state index contributed by atoms with van der Waals surface area (Å²) in [6.07, 6.45) is 1.53. The number of fused-ring (bicyclic) bond motifs is 1. The molecule has 0 bridgehead atoms. The van der Waals surface area contributed by atoms with Crippen LogP contribution in [-0.2, 0) is 21.7 Å². The number of amides is 5. The number of nitrogens with zero attached hydrogens (tertiary/aromatic N) is 5. The topological polar surface area (TPSA) is 130 Å². The fourth-order valence-corrected chi connectivity index (χ4v) is 6.69. The summed E-state index contributed by atoms with van der Waals surface area (Å²) in [6, 6.07) is 26.6. The van der Waals surface area contributed by atoms with Gasteiger partial charge in [-0.15, -0.1) is 5.10 Å². The summed E-state index contributed by atoms with van der Waals surface area (Å²) in [5, 5.41) is 15.7. The van der Waals surface area contributed by atoms with Crippen LogP contribution < -0.4 is 10.6 Å². The van der Waals surface area contributed by atoms with Crippen LogP contribution in [0, 0.1) is 12.8 Å². The van der Waals surface area contributed by atoms with Crippen molar-refractivity contribution in [2.45, 2.75) is 38.3 Å². The Labute approximate surface area is 292 Å². The number of piperidine rings is 1. The van der Waals surface area contributed by atoms with E-state index in [-0.39, 0.29) is 25.4 Å². The maximum absolute atomic E-state index is 15.5. The number of carbonyl (C=O) groups is 4. The van der Waals surface area contributed by atoms with E-state index in [1.54, 1.807) is 49.5 Å². The molecule has 2 unspecified atom stereocenters. The molecule has 2 aliphatic rings. The normalized spacial score (nSPS) is 20.0. The maximum Gasteiger partial charge on any atom is 0.325 e. The molecule has 0 saturated carbocycles. The number of benzene rings is 4. The number of likely N-dealkylation sites (tertiary alicyclic amines) is 1. The van der Waals surface area contributed by atoms with Crippen molar-refractivity contribution in [1.29, 1.82) is 0 Å². The van der Waals surface area contributed by atoms with Crippen molar-refractivity contribution in [3.05, 3.63) is 114 Å². The SMILES string of the molecule is Cc1ccc(-c2cn(CC3CCN(C(=O)CN4C(=O)NC(C)(c5ccc6ccccc6c5)C4=O)CC3(F)F)nn2)cc1C(=O)Nc1ccccc1. The number of aryl methyl sites for hydroxylation is 1. The molecule has 51 heavy (non-hydrogen) atoms. The molecule has 1 aromatic heterocycles. The molecule has 3 heterocycles. The molecule has 11 nitrogen and oxygen atoms in total. The minimum Gasteiger partial charge on any atom is -0.335 e. The second kappa shape index (κ2) is 13.0. The summed E-state index contributed by atoms with van der Waals surface area (Å²) < 4.78 is 32.4. The van der Waals surface area contributed by atoms with Gasteiger partial charge < -0.3 is 15.5 Å². The first kappa shape index (κ1) is 33.5. The van der Waals surface area contributed by atoms with Crippen LogP contribution in [0.3, 0.4) is 0 Å². The minimum atomic E-state index is -3.27. The summed E-state index contributed by atoms with van der Waals surface area (Å²) in [5.41, 5.74) is 2.02. The second-order valence-electron chi connectivity index (χ2n) is 13.2. The Morgan fingerprint density at radius 2 is 1.71 bits per heavy atom. The Morgan fingerprint density at radius 1 is 0.961 bits per heavy atom. The van der Waals surface area contributed by atoms with E-state index in [9.17, 15) is 19.2 Å². The Bertz CT molecular complexity index is 2170. The molecule has 260 valence electrons. The van der Waals surface area contributed by atoms with Crippen molar-refractivity contribution >= 4 is 40.2 Å². The molecule has 5 amide bonds. The van der Waals surface area contributed by atoms with Crippen LogP contribution in [0.1, 0.15) is 34.8 Å². The van der Waals surface area contributed by atoms with Gasteiger partial charge in [0.25, 0.3) is 17.7 Å². The number of hydrogen-bond acceptors (Lipinski definition) is 6. The van der Waals surface area contributed by atoms with Gasteiger partial charge in [-0.05, 0) is 66.4 Å². The van der Waals surface area contributed by atoms with Gasteiger partial charge in [0, 0.05) is 29.3 Å². The third-order valence-electron chi connectivity index (χ3n) is 9.75. The van der Waals surface area contributed by atoms with Crippen LogP contribution in [0.5, 0.6) is 0 Å². The molecule has 2 aliphatic heterocycles. The maximum atomic E-state index is 15.5. The summed E-state index contributed by atoms with van der Waals surface area (Å²) >= 11 is 0. The number of anilines is 1. The number of imide groups is 1. The molecular weight excluding hydrogens is 656 g/mol. The number of alkyl halides is 2. The number of aromatic nitrogens is 3. The lowest BCUT2D eigenvalue weighted by Crippen LogP contribution is -2.54. The van der Waals surface area contributed by atoms with Crippen molar-refractivity contribution in [2.75, 3.05) is 25.0 Å². The van der Waals surface area contributed by atoms with Gasteiger partial charge in [0.15, 0.2) is 0 Å². The fourth-order valence-electron chi connectivity index (χ4n) is 6.69. The van der Waals surface area contributed by atoms with Crippen molar-refractivity contribution in [2.24, 2.45) is 5.92 Å². The van der Waals surface area contributed by atoms with Gasteiger partial charge >= 0.3 is 6.03 Å². The van der Waals surface area contributed by atoms with Crippen LogP contribution >= 0.6 is 0 Å². The first-order valence-corrected chi connectivity index (χ1v) is 16.6. The molecule has 13 heteroatoms. The number of hydrogen-bond donors (Lipinski definition) is 2. The summed E-state index contributed by atoms with van der Waals surface area (Å²) in [4.78, 5) is 54.5. The van der Waals surface area contributed by atoms with Crippen molar-refractivity contribution < 1.29 is 28.0 Å². The number of urea groups is 1. The highest BCUT2D eigenvalue weighted by Gasteiger charge is 2.51. The number of halogens is 2. The van der Waals surface area contributed by atoms with E-state index >= 15 is 8.78 Å². The zero-order chi connectivity index (χ0) is 35.9. The fraction of sp³-hybridized carbons (Fsp3) is 0.263. The molecule has 2 N–H and O–H groups in total. The molecule has 0 radical (unpaired) electrons. The quantitative estimate of drug-likeness (QED) is 0.204. The van der Waals surface area contributed by atoms with E-state index in [0.29, 0.717) is 28.1 Å². The average molecular weight is 692 g/mol. The van der Waals surface area contributed by atoms with Crippen molar-refractivity contribution in [1.82, 2.24) is 30.1 Å². The van der Waals surface area contributed by atoms with Crippen LogP contribution in [0.25, 0.3) is 22.0 Å². The third kappa shape index (κ3) is 6.54. The largest absolute Gasteiger partial charge is 0.335 e. The molecule has 4 aromatic carbocycles. The minimum absolute atomic E-state index is 0.0179. The first-order chi connectivity index (χ1) is 24.4. The van der Waals surface area contributed by atoms with Crippen LogP contribution in [0.15, 0.2) is 97.2 Å². The van der Waals surface area contributed by atoms with E-state index in [1.807, 2.05) is 61.5 Å². The number of carbonyl (C=O) groups excluding carboxylic acids is 4. The lowest BCUT2D eigenvalue weighted by atomic mass is 9.90. The molecular formula is C38H35F2N7O4. The molecule has 2 saturated heterocycles. The Hall–Kier alpha value is -5.98. The van der Waals surface area contributed by atoms with Gasteiger partial charge in [0.2, 0.25) is 5.91 Å². The molecule has 7 rings (SSSR count). The van der Waals surface area contributed by atoms with Gasteiger partial charge in [0.1, 0.15) is 17.8 Å². The van der Waals surface area contributed by atoms with E-state index in [0.717, 1.165) is 26.1 Å². The Kier molecular flexibility index (Phi) is 8.57. The standard InChI is InChI=1S/C38H35F2N7O4/c1-24-12-13-27(19-31(24)34(49)41-30-10-4-3-5-11-30)32-21-46(44-43-32)20-29-16-17-45(23-38(29,39)40)33(48)22-47-35(50)37(2,42-36(47)51)28-15-14-25-8-6-7-9-26(25)18-28/h3-15,18-19,21,29H,16-17,20,22-23H2,1-2H3,(H,41,49)(H,42,51). The van der Waals surface area contributed by atoms with Crippen LogP contribution in [-0.4, -0.2) is 74.1 Å². The van der Waals surface area contributed by atoms with Gasteiger partial charge in [-0.1, -0.05) is 71.9 Å². The molecule has 2 fully saturated rings. The predicted octanol–water partition coefficient (Wildman–Crippen LogP) is 5.61. The highest BCUT2D eigenvalue weighted by atomic mass is 19.3. The second-order valence-corrected chi connectivity index (χ2v) is 13.2. The zero-order valence-electron chi connectivity index (χ0n) is 28.0. The Balaban J connectivity index is 0.981. The number of nitrogens with one attached hydrogen (secondary N) is 2. The molecule has 0 aliphatic carbocycles. The zero-order valence-corrected chi connectivity index (χ0v) is 28.0. The van der Waals surface area contributed by atoms with Gasteiger partial charge in [0.05, 0.1) is 19.3 Å². The monoisotopic (exact) mass is 691 g/mol. The van der Waals surface area contributed by atoms with E-state index in [1.165, 1.54) is 4.68 Å². The summed E-state index contributed by atoms with van der Waals surface area (Å²) in [7, 11) is 0. The van der Waals surface area contributed by atoms with E-state index in [2.05, 4.69) is 20.9 Å². The highest BCUT2D eigenvalue weighted by molar-refractivity contribution is 6.09. The Morgan fingerprint density at radius 3 is 2.47 bits per heavy atom. The van der Waals surface area contributed by atoms with Crippen molar-refractivity contribution in [3.8, 4) is 11.3 Å². The highest BCUT2D eigenvalue weighted by Crippen LogP contribution is 2.35. The molecule has 0 spiro atoms. The van der Waals surface area contributed by atoms with Crippen LogP contribution in [0.4, 0.5) is 19.3 Å². The summed E-state index contributed by atoms with van der Waals surface area (Å²) in [6.45, 7) is 1.75. The lowest BCUT2D eigenvalue weighted by Gasteiger charge is -2.38. The molecule has 2 atom stereocenters. The lowest BCUT2D eigenvalue weighted by molar-refractivity contribution is -0.153. The van der Waals surface area contributed by atoms with E-state index < -0.39 is 48.3 Å². The van der Waals surface area contributed by atoms with Gasteiger partial charge in [-0.25, -0.2) is 13.6 Å². The van der Waals surface area contributed by atoms with Gasteiger partial charge in [-0.3, -0.25) is 24.0 Å². The number of para-hydroxylation sites is 1. The van der Waals surface area contributed by atoms with Crippen molar-refractivity contribution in [3.63, 3.8) is 0 Å². The predicted molar refractivity (Wildman–Crippen MR) is 186 cm³/mol.